The van der Waals surface area contributed by atoms with Gasteiger partial charge in [-0.25, -0.2) is 4.79 Å². The van der Waals surface area contributed by atoms with Crippen LogP contribution in [0.4, 0.5) is 0 Å². The third-order valence-corrected chi connectivity index (χ3v) is 2.11. The van der Waals surface area contributed by atoms with Crippen LogP contribution in [-0.4, -0.2) is 24.0 Å². The minimum atomic E-state index is -1.02. The van der Waals surface area contributed by atoms with Gasteiger partial charge in [-0.15, -0.1) is 0 Å². The van der Waals surface area contributed by atoms with Crippen molar-refractivity contribution in [3.63, 3.8) is 0 Å². The quantitative estimate of drug-likeness (QED) is 0.361. The monoisotopic (exact) mass is 154 g/mol. The van der Waals surface area contributed by atoms with Gasteiger partial charge < -0.3 is 4.74 Å². The van der Waals surface area contributed by atoms with Gasteiger partial charge in [0.25, 0.3) is 0 Å². The summed E-state index contributed by atoms with van der Waals surface area (Å²) in [6.07, 6.45) is 0. The fraction of sp³-hybridized carbons (Fsp3) is 0.667. The zero-order chi connectivity index (χ0) is 8.06. The highest BCUT2D eigenvalue weighted by Gasteiger charge is 2.57. The van der Waals surface area contributed by atoms with E-state index in [1.807, 2.05) is 0 Å². The molecule has 5 heteroatoms. The van der Waals surface area contributed by atoms with E-state index < -0.39 is 23.4 Å². The van der Waals surface area contributed by atoms with Crippen molar-refractivity contribution in [3.05, 3.63) is 0 Å². The normalized spacial score (nSPS) is 41.0. The maximum absolute atomic E-state index is 11.0. The highest BCUT2D eigenvalue weighted by Crippen LogP contribution is 2.36. The number of azo groups is 1. The van der Waals surface area contributed by atoms with E-state index in [-0.39, 0.29) is 6.54 Å². The Morgan fingerprint density at radius 1 is 1.64 bits per heavy atom. The second kappa shape index (κ2) is 1.66. The lowest BCUT2D eigenvalue weighted by atomic mass is 9.90. The van der Waals surface area contributed by atoms with Crippen LogP contribution in [0, 0.1) is 5.92 Å². The van der Waals surface area contributed by atoms with Gasteiger partial charge in [-0.3, -0.25) is 4.79 Å². The standard InChI is InChI=1S/C6H6N2O3/c1-6-3(2-7-8-6)4(9)11-5(6)10/h3H,2H2,1H3/t3-,6-/m0/s1. The van der Waals surface area contributed by atoms with E-state index in [2.05, 4.69) is 15.0 Å². The highest BCUT2D eigenvalue weighted by atomic mass is 16.6. The number of nitrogens with zero attached hydrogens (tertiary/aromatic N) is 2. The van der Waals surface area contributed by atoms with E-state index in [0.717, 1.165) is 0 Å². The molecule has 11 heavy (non-hydrogen) atoms. The zero-order valence-electron chi connectivity index (χ0n) is 5.90. The van der Waals surface area contributed by atoms with Crippen molar-refractivity contribution in [2.45, 2.75) is 12.5 Å². The number of hydrogen-bond donors (Lipinski definition) is 0. The van der Waals surface area contributed by atoms with Crippen LogP contribution in [0.3, 0.4) is 0 Å². The number of rotatable bonds is 0. The molecule has 1 fully saturated rings. The zero-order valence-corrected chi connectivity index (χ0v) is 5.90. The Balaban J connectivity index is 2.46. The van der Waals surface area contributed by atoms with Gasteiger partial charge in [0.15, 0.2) is 5.54 Å². The maximum atomic E-state index is 11.0. The average molecular weight is 154 g/mol. The van der Waals surface area contributed by atoms with Crippen LogP contribution in [-0.2, 0) is 14.3 Å². The van der Waals surface area contributed by atoms with Crippen LogP contribution in [0.1, 0.15) is 6.92 Å². The molecule has 5 nitrogen and oxygen atoms in total. The Labute approximate surface area is 62.4 Å². The number of carbonyl (C=O) groups excluding carboxylic acids is 2. The van der Waals surface area contributed by atoms with E-state index in [9.17, 15) is 9.59 Å². The summed E-state index contributed by atoms with van der Waals surface area (Å²) in [6.45, 7) is 1.85. The summed E-state index contributed by atoms with van der Waals surface area (Å²) in [6, 6.07) is 0. The van der Waals surface area contributed by atoms with Gasteiger partial charge in [0.1, 0.15) is 5.92 Å². The first-order valence-corrected chi connectivity index (χ1v) is 3.29. The molecule has 0 aromatic heterocycles. The van der Waals surface area contributed by atoms with Crippen molar-refractivity contribution in [2.24, 2.45) is 16.1 Å². The molecule has 0 spiro atoms. The molecule has 2 atom stereocenters. The summed E-state index contributed by atoms with van der Waals surface area (Å²) in [4.78, 5) is 21.9. The SMILES string of the molecule is C[C@]12N=NC[C@H]1C(=O)OC2=O. The second-order valence-corrected chi connectivity index (χ2v) is 2.83. The first-order valence-electron chi connectivity index (χ1n) is 3.29. The maximum Gasteiger partial charge on any atom is 0.344 e. The van der Waals surface area contributed by atoms with E-state index in [1.165, 1.54) is 0 Å². The Morgan fingerprint density at radius 2 is 2.36 bits per heavy atom. The number of fused-ring (bicyclic) bond motifs is 1. The summed E-state index contributed by atoms with van der Waals surface area (Å²) in [7, 11) is 0. The van der Waals surface area contributed by atoms with Gasteiger partial charge in [0.2, 0.25) is 0 Å². The van der Waals surface area contributed by atoms with Gasteiger partial charge >= 0.3 is 11.9 Å². The van der Waals surface area contributed by atoms with Gasteiger partial charge in [-0.2, -0.15) is 10.2 Å². The number of ether oxygens (including phenoxy) is 1. The average Bonchev–Trinajstić information content (AvgIpc) is 2.39. The molecule has 2 rings (SSSR count). The summed E-state index contributed by atoms with van der Waals surface area (Å²) < 4.78 is 4.40. The summed E-state index contributed by atoms with van der Waals surface area (Å²) >= 11 is 0. The molecule has 0 saturated carbocycles. The van der Waals surface area contributed by atoms with E-state index in [0.29, 0.717) is 0 Å². The van der Waals surface area contributed by atoms with Gasteiger partial charge in [-0.1, -0.05) is 0 Å². The van der Waals surface area contributed by atoms with Crippen LogP contribution in [0.25, 0.3) is 0 Å². The highest BCUT2D eigenvalue weighted by molar-refractivity contribution is 6.02. The summed E-state index contributed by atoms with van der Waals surface area (Å²) in [5.41, 5.74) is -1.02. The third-order valence-electron chi connectivity index (χ3n) is 2.11. The van der Waals surface area contributed by atoms with Crippen LogP contribution in [0.5, 0.6) is 0 Å². The van der Waals surface area contributed by atoms with Crippen molar-refractivity contribution < 1.29 is 14.3 Å². The minimum absolute atomic E-state index is 0.279. The van der Waals surface area contributed by atoms with Crippen molar-refractivity contribution in [3.8, 4) is 0 Å². The Hall–Kier alpha value is -1.26. The summed E-state index contributed by atoms with van der Waals surface area (Å²) in [5.74, 6) is -1.55. The molecule has 2 aliphatic heterocycles. The van der Waals surface area contributed by atoms with Crippen LogP contribution in [0.15, 0.2) is 10.2 Å². The molecule has 2 heterocycles. The Morgan fingerprint density at radius 3 is 3.00 bits per heavy atom. The first kappa shape index (κ1) is 6.45. The van der Waals surface area contributed by atoms with E-state index in [4.69, 9.17) is 0 Å². The van der Waals surface area contributed by atoms with Crippen molar-refractivity contribution in [2.75, 3.05) is 6.54 Å². The van der Waals surface area contributed by atoms with Crippen LogP contribution in [0.2, 0.25) is 0 Å². The number of cyclic esters (lactones) is 2. The molecular formula is C6H6N2O3. The molecule has 0 aromatic rings. The minimum Gasteiger partial charge on any atom is -0.391 e. The lowest BCUT2D eigenvalue weighted by Crippen LogP contribution is -2.33. The Kier molecular flexibility index (Phi) is 0.976. The number of carbonyl (C=O) groups is 2. The van der Waals surface area contributed by atoms with Crippen molar-refractivity contribution in [1.29, 1.82) is 0 Å². The first-order chi connectivity index (χ1) is 5.14. The molecule has 0 amide bonds. The molecule has 0 aromatic carbocycles. The molecule has 58 valence electrons. The van der Waals surface area contributed by atoms with Gasteiger partial charge in [-0.05, 0) is 6.92 Å². The van der Waals surface area contributed by atoms with Gasteiger partial charge in [0.05, 0.1) is 6.54 Å². The summed E-state index contributed by atoms with van der Waals surface area (Å²) in [5, 5.41) is 7.33. The molecule has 0 aliphatic carbocycles. The van der Waals surface area contributed by atoms with Crippen LogP contribution >= 0.6 is 0 Å². The van der Waals surface area contributed by atoms with Crippen molar-refractivity contribution >= 4 is 11.9 Å². The molecular weight excluding hydrogens is 148 g/mol. The molecule has 0 bridgehead atoms. The van der Waals surface area contributed by atoms with Crippen molar-refractivity contribution in [1.82, 2.24) is 0 Å². The van der Waals surface area contributed by atoms with Gasteiger partial charge in [0, 0.05) is 0 Å². The van der Waals surface area contributed by atoms with E-state index in [1.54, 1.807) is 6.92 Å². The molecule has 2 aliphatic rings. The second-order valence-electron chi connectivity index (χ2n) is 2.83. The smallest absolute Gasteiger partial charge is 0.344 e. The predicted molar refractivity (Wildman–Crippen MR) is 32.7 cm³/mol. The fourth-order valence-electron chi connectivity index (χ4n) is 1.27. The largest absolute Gasteiger partial charge is 0.391 e. The molecule has 0 radical (unpaired) electrons. The third kappa shape index (κ3) is 0.599. The van der Waals surface area contributed by atoms with E-state index >= 15 is 0 Å². The number of esters is 2. The lowest BCUT2D eigenvalue weighted by Gasteiger charge is -2.08. The molecule has 0 unspecified atom stereocenters. The lowest BCUT2D eigenvalue weighted by molar-refractivity contribution is -0.154. The topological polar surface area (TPSA) is 68.1 Å². The fourth-order valence-corrected chi connectivity index (χ4v) is 1.27. The molecule has 0 N–H and O–H groups in total. The predicted octanol–water partition coefficient (Wildman–Crippen LogP) is -0.0895. The molecule has 1 saturated heterocycles. The van der Waals surface area contributed by atoms with Crippen LogP contribution < -0.4 is 0 Å². The Bertz CT molecular complexity index is 273. The number of hydrogen-bond acceptors (Lipinski definition) is 5.